The summed E-state index contributed by atoms with van der Waals surface area (Å²) in [5.74, 6) is 0.437. The molecule has 0 fully saturated rings. The van der Waals surface area contributed by atoms with E-state index in [9.17, 15) is 0 Å². The van der Waals surface area contributed by atoms with E-state index < -0.39 is 0 Å². The van der Waals surface area contributed by atoms with Crippen LogP contribution in [-0.2, 0) is 5.88 Å². The zero-order valence-electron chi connectivity index (χ0n) is 9.26. The number of aromatic nitrogens is 1. The Morgan fingerprint density at radius 2 is 2.20 bits per heavy atom. The van der Waals surface area contributed by atoms with Gasteiger partial charge in [0.25, 0.3) is 0 Å². The first-order valence-corrected chi connectivity index (χ1v) is 6.77. The summed E-state index contributed by atoms with van der Waals surface area (Å²) in [7, 11) is 2.05. The van der Waals surface area contributed by atoms with Crippen molar-refractivity contribution >= 4 is 39.7 Å². The van der Waals surface area contributed by atoms with Gasteiger partial charge in [-0.2, -0.15) is 0 Å². The SMILES string of the molecule is CCCC(C)N(C)c1nc(Cl)c(CCl)s1. The predicted octanol–water partition coefficient (Wildman–Crippen LogP) is 4.16. The molecule has 0 aliphatic carbocycles. The van der Waals surface area contributed by atoms with Gasteiger partial charge in [-0.3, -0.25) is 0 Å². The normalized spacial score (nSPS) is 12.9. The average molecular weight is 267 g/mol. The molecular formula is C10H16Cl2N2S. The van der Waals surface area contributed by atoms with Gasteiger partial charge in [0.2, 0.25) is 0 Å². The quantitative estimate of drug-likeness (QED) is 0.745. The van der Waals surface area contributed by atoms with E-state index >= 15 is 0 Å². The summed E-state index contributed by atoms with van der Waals surface area (Å²) in [6.07, 6.45) is 2.33. The van der Waals surface area contributed by atoms with Crippen molar-refractivity contribution < 1.29 is 0 Å². The van der Waals surface area contributed by atoms with Crippen molar-refractivity contribution in [1.82, 2.24) is 4.98 Å². The Labute approximate surface area is 105 Å². The topological polar surface area (TPSA) is 16.1 Å². The van der Waals surface area contributed by atoms with Crippen molar-refractivity contribution in [2.45, 2.75) is 38.6 Å². The van der Waals surface area contributed by atoms with Gasteiger partial charge in [0.1, 0.15) is 5.15 Å². The molecule has 1 unspecified atom stereocenters. The fourth-order valence-electron chi connectivity index (χ4n) is 1.35. The van der Waals surface area contributed by atoms with E-state index in [2.05, 4.69) is 23.7 Å². The van der Waals surface area contributed by atoms with E-state index in [4.69, 9.17) is 23.2 Å². The smallest absolute Gasteiger partial charge is 0.187 e. The standard InChI is InChI=1S/C10H16Cl2N2S/c1-4-5-7(2)14(3)10-13-9(12)8(6-11)15-10/h7H,4-6H2,1-3H3. The maximum absolute atomic E-state index is 5.96. The van der Waals surface area contributed by atoms with Crippen LogP contribution in [0.4, 0.5) is 5.13 Å². The molecule has 0 radical (unpaired) electrons. The Hall–Kier alpha value is 0.01000. The van der Waals surface area contributed by atoms with E-state index in [-0.39, 0.29) is 0 Å². The molecular weight excluding hydrogens is 251 g/mol. The maximum atomic E-state index is 5.96. The summed E-state index contributed by atoms with van der Waals surface area (Å²) in [5.41, 5.74) is 0. The van der Waals surface area contributed by atoms with Crippen LogP contribution < -0.4 is 4.90 Å². The number of hydrogen-bond donors (Lipinski definition) is 0. The first kappa shape index (κ1) is 13.1. The van der Waals surface area contributed by atoms with Crippen molar-refractivity contribution in [3.63, 3.8) is 0 Å². The van der Waals surface area contributed by atoms with Crippen LogP contribution in [0.5, 0.6) is 0 Å². The molecule has 0 spiro atoms. The van der Waals surface area contributed by atoms with Gasteiger partial charge in [0, 0.05) is 13.1 Å². The lowest BCUT2D eigenvalue weighted by atomic mass is 10.2. The third kappa shape index (κ3) is 3.23. The molecule has 0 saturated carbocycles. The molecule has 5 heteroatoms. The monoisotopic (exact) mass is 266 g/mol. The highest BCUT2D eigenvalue weighted by molar-refractivity contribution is 7.16. The Morgan fingerprint density at radius 3 is 2.67 bits per heavy atom. The summed E-state index contributed by atoms with van der Waals surface area (Å²) in [4.78, 5) is 7.42. The number of hydrogen-bond acceptors (Lipinski definition) is 3. The van der Waals surface area contributed by atoms with Crippen molar-refractivity contribution in [1.29, 1.82) is 0 Å². The average Bonchev–Trinajstić information content (AvgIpc) is 2.59. The van der Waals surface area contributed by atoms with E-state index in [0.717, 1.165) is 16.4 Å². The third-order valence-electron chi connectivity index (χ3n) is 2.43. The number of anilines is 1. The second-order valence-electron chi connectivity index (χ2n) is 3.59. The highest BCUT2D eigenvalue weighted by Crippen LogP contribution is 2.31. The summed E-state index contributed by atoms with van der Waals surface area (Å²) in [5, 5.41) is 1.50. The molecule has 0 N–H and O–H groups in total. The predicted molar refractivity (Wildman–Crippen MR) is 69.5 cm³/mol. The van der Waals surface area contributed by atoms with E-state index in [1.807, 2.05) is 7.05 Å². The molecule has 86 valence electrons. The van der Waals surface area contributed by atoms with Crippen molar-refractivity contribution in [2.24, 2.45) is 0 Å². The minimum absolute atomic E-state index is 0.437. The Bertz CT molecular complexity index is 314. The van der Waals surface area contributed by atoms with Crippen molar-refractivity contribution in [3.05, 3.63) is 10.0 Å². The number of rotatable bonds is 5. The van der Waals surface area contributed by atoms with Gasteiger partial charge in [-0.15, -0.1) is 11.6 Å². The zero-order chi connectivity index (χ0) is 11.4. The second kappa shape index (κ2) is 5.92. The van der Waals surface area contributed by atoms with Crippen LogP contribution in [0.1, 0.15) is 31.6 Å². The van der Waals surface area contributed by atoms with Gasteiger partial charge in [0.05, 0.1) is 10.8 Å². The highest BCUT2D eigenvalue weighted by atomic mass is 35.5. The first-order valence-electron chi connectivity index (χ1n) is 5.04. The molecule has 0 saturated heterocycles. The second-order valence-corrected chi connectivity index (χ2v) is 5.28. The van der Waals surface area contributed by atoms with Gasteiger partial charge < -0.3 is 4.90 Å². The Kier molecular flexibility index (Phi) is 5.16. The van der Waals surface area contributed by atoms with Crippen LogP contribution in [0.2, 0.25) is 5.15 Å². The molecule has 1 rings (SSSR count). The van der Waals surface area contributed by atoms with Crippen LogP contribution in [0.25, 0.3) is 0 Å². The third-order valence-corrected chi connectivity index (χ3v) is 4.43. The number of halogens is 2. The maximum Gasteiger partial charge on any atom is 0.187 e. The molecule has 0 aliphatic rings. The summed E-state index contributed by atoms with van der Waals surface area (Å²) < 4.78 is 0. The van der Waals surface area contributed by atoms with Crippen molar-refractivity contribution in [2.75, 3.05) is 11.9 Å². The fraction of sp³-hybridized carbons (Fsp3) is 0.700. The minimum atomic E-state index is 0.437. The number of alkyl halides is 1. The van der Waals surface area contributed by atoms with Gasteiger partial charge in [-0.05, 0) is 13.3 Å². The molecule has 1 heterocycles. The van der Waals surface area contributed by atoms with Crippen LogP contribution in [-0.4, -0.2) is 18.1 Å². The highest BCUT2D eigenvalue weighted by Gasteiger charge is 2.15. The largest absolute Gasteiger partial charge is 0.348 e. The van der Waals surface area contributed by atoms with Gasteiger partial charge in [-0.1, -0.05) is 36.3 Å². The first-order chi connectivity index (χ1) is 7.10. The molecule has 15 heavy (non-hydrogen) atoms. The lowest BCUT2D eigenvalue weighted by molar-refractivity contribution is 0.615. The van der Waals surface area contributed by atoms with E-state index in [1.54, 1.807) is 11.3 Å². The number of thiazole rings is 1. The molecule has 0 aliphatic heterocycles. The number of nitrogens with zero attached hydrogens (tertiary/aromatic N) is 2. The lowest BCUT2D eigenvalue weighted by Gasteiger charge is -2.23. The van der Waals surface area contributed by atoms with Crippen molar-refractivity contribution in [3.8, 4) is 0 Å². The molecule has 1 aromatic heterocycles. The molecule has 0 amide bonds. The van der Waals surface area contributed by atoms with Gasteiger partial charge in [0.15, 0.2) is 5.13 Å². The fourth-order valence-corrected chi connectivity index (χ4v) is 2.89. The summed E-state index contributed by atoms with van der Waals surface area (Å²) >= 11 is 13.3. The zero-order valence-corrected chi connectivity index (χ0v) is 11.6. The Morgan fingerprint density at radius 1 is 1.53 bits per heavy atom. The Balaban J connectivity index is 2.77. The molecule has 0 aromatic carbocycles. The van der Waals surface area contributed by atoms with Crippen LogP contribution in [0, 0.1) is 0 Å². The molecule has 2 nitrogen and oxygen atoms in total. The van der Waals surface area contributed by atoms with E-state index in [0.29, 0.717) is 17.1 Å². The van der Waals surface area contributed by atoms with Crippen LogP contribution in [0.15, 0.2) is 0 Å². The van der Waals surface area contributed by atoms with Crippen LogP contribution >= 0.6 is 34.5 Å². The summed E-state index contributed by atoms with van der Waals surface area (Å²) in [6.45, 7) is 4.38. The van der Waals surface area contributed by atoms with Gasteiger partial charge >= 0.3 is 0 Å². The molecule has 1 atom stereocenters. The summed E-state index contributed by atoms with van der Waals surface area (Å²) in [6, 6.07) is 0.486. The van der Waals surface area contributed by atoms with Crippen LogP contribution in [0.3, 0.4) is 0 Å². The molecule has 1 aromatic rings. The minimum Gasteiger partial charge on any atom is -0.348 e. The molecule has 0 bridgehead atoms. The van der Waals surface area contributed by atoms with Gasteiger partial charge in [-0.25, -0.2) is 4.98 Å². The van der Waals surface area contributed by atoms with E-state index in [1.165, 1.54) is 6.42 Å². The lowest BCUT2D eigenvalue weighted by Crippen LogP contribution is -2.28.